The molecule has 0 heterocycles. The number of halogens is 1. The summed E-state index contributed by atoms with van der Waals surface area (Å²) >= 11 is 0. The lowest BCUT2D eigenvalue weighted by atomic mass is 9.85. The average Bonchev–Trinajstić information content (AvgIpc) is 2.38. The molecule has 1 aliphatic carbocycles. The third-order valence-corrected chi connectivity index (χ3v) is 4.88. The molecule has 0 unspecified atom stereocenters. The van der Waals surface area contributed by atoms with Crippen molar-refractivity contribution in [1.82, 2.24) is 4.72 Å². The van der Waals surface area contributed by atoms with Gasteiger partial charge in [0.15, 0.2) is 0 Å². The van der Waals surface area contributed by atoms with Crippen LogP contribution in [0.15, 0.2) is 29.2 Å². The van der Waals surface area contributed by atoms with Crippen LogP contribution in [0, 0.1) is 5.82 Å². The van der Waals surface area contributed by atoms with Crippen LogP contribution in [0.1, 0.15) is 32.1 Å². The summed E-state index contributed by atoms with van der Waals surface area (Å²) in [7, 11) is -3.77. The van der Waals surface area contributed by atoms with Gasteiger partial charge in [-0.2, -0.15) is 0 Å². The maximum absolute atomic E-state index is 13.0. The van der Waals surface area contributed by atoms with Crippen molar-refractivity contribution in [3.63, 3.8) is 0 Å². The largest absolute Gasteiger partial charge is 0.389 e. The van der Waals surface area contributed by atoms with Gasteiger partial charge < -0.3 is 5.11 Å². The van der Waals surface area contributed by atoms with Crippen LogP contribution in [-0.4, -0.2) is 25.7 Å². The summed E-state index contributed by atoms with van der Waals surface area (Å²) in [6.07, 6.45) is 4.06. The molecule has 1 aromatic rings. The number of hydrogen-bond donors (Lipinski definition) is 2. The summed E-state index contributed by atoms with van der Waals surface area (Å²) in [4.78, 5) is -0.119. The second-order valence-corrected chi connectivity index (χ2v) is 6.83. The van der Waals surface area contributed by atoms with Crippen LogP contribution in [0.25, 0.3) is 0 Å². The van der Waals surface area contributed by atoms with Crippen LogP contribution in [0.3, 0.4) is 0 Å². The minimum atomic E-state index is -3.77. The predicted octanol–water partition coefficient (Wildman–Crippen LogP) is 1.80. The van der Waals surface area contributed by atoms with E-state index in [1.807, 2.05) is 0 Å². The van der Waals surface area contributed by atoms with Crippen LogP contribution in [0.5, 0.6) is 0 Å². The van der Waals surface area contributed by atoms with Gasteiger partial charge in [0, 0.05) is 6.54 Å². The molecule has 2 rings (SSSR count). The van der Waals surface area contributed by atoms with Crippen molar-refractivity contribution < 1.29 is 17.9 Å². The number of sulfonamides is 1. The highest BCUT2D eigenvalue weighted by Gasteiger charge is 2.30. The zero-order valence-electron chi connectivity index (χ0n) is 10.6. The third kappa shape index (κ3) is 3.75. The molecule has 0 spiro atoms. The number of aliphatic hydroxyl groups is 1. The van der Waals surface area contributed by atoms with Crippen LogP contribution in [0.2, 0.25) is 0 Å². The molecule has 19 heavy (non-hydrogen) atoms. The molecule has 1 aromatic carbocycles. The number of hydrogen-bond acceptors (Lipinski definition) is 3. The van der Waals surface area contributed by atoms with Crippen LogP contribution in [0.4, 0.5) is 4.39 Å². The van der Waals surface area contributed by atoms with Gasteiger partial charge in [-0.3, -0.25) is 0 Å². The summed E-state index contributed by atoms with van der Waals surface area (Å²) in [5.74, 6) is -0.598. The minimum absolute atomic E-state index is 0.0220. The normalized spacial score (nSPS) is 19.3. The van der Waals surface area contributed by atoms with Gasteiger partial charge in [0.1, 0.15) is 5.82 Å². The Kier molecular flexibility index (Phi) is 4.23. The molecule has 0 saturated heterocycles. The van der Waals surface area contributed by atoms with E-state index in [-0.39, 0.29) is 11.4 Å². The Morgan fingerprint density at radius 3 is 2.58 bits per heavy atom. The molecule has 2 N–H and O–H groups in total. The lowest BCUT2D eigenvalue weighted by Gasteiger charge is -2.32. The summed E-state index contributed by atoms with van der Waals surface area (Å²) in [5.41, 5.74) is -0.974. The Balaban J connectivity index is 2.05. The van der Waals surface area contributed by atoms with Gasteiger partial charge >= 0.3 is 0 Å². The SMILES string of the molecule is O=S(=O)(NCC1(O)CCCCC1)c1cccc(F)c1. The van der Waals surface area contributed by atoms with Crippen molar-refractivity contribution in [3.8, 4) is 0 Å². The van der Waals surface area contributed by atoms with E-state index in [0.29, 0.717) is 12.8 Å². The highest BCUT2D eigenvalue weighted by molar-refractivity contribution is 7.89. The monoisotopic (exact) mass is 287 g/mol. The highest BCUT2D eigenvalue weighted by Crippen LogP contribution is 2.27. The number of rotatable bonds is 4. The first-order chi connectivity index (χ1) is 8.91. The van der Waals surface area contributed by atoms with Crippen molar-refractivity contribution in [2.75, 3.05) is 6.54 Å². The Bertz CT molecular complexity index is 539. The minimum Gasteiger partial charge on any atom is -0.389 e. The zero-order valence-corrected chi connectivity index (χ0v) is 11.4. The van der Waals surface area contributed by atoms with Gasteiger partial charge in [-0.25, -0.2) is 17.5 Å². The van der Waals surface area contributed by atoms with E-state index < -0.39 is 21.4 Å². The topological polar surface area (TPSA) is 66.4 Å². The molecule has 0 aliphatic heterocycles. The van der Waals surface area contributed by atoms with Gasteiger partial charge in [-0.1, -0.05) is 25.3 Å². The molecular formula is C13H18FNO3S. The van der Waals surface area contributed by atoms with E-state index >= 15 is 0 Å². The maximum Gasteiger partial charge on any atom is 0.240 e. The summed E-state index contributed by atoms with van der Waals surface area (Å²) in [6, 6.07) is 4.83. The summed E-state index contributed by atoms with van der Waals surface area (Å²) < 4.78 is 39.4. The second kappa shape index (κ2) is 5.56. The molecule has 106 valence electrons. The molecular weight excluding hydrogens is 269 g/mol. The first-order valence-corrected chi connectivity index (χ1v) is 7.87. The van der Waals surface area contributed by atoms with Gasteiger partial charge in [0.05, 0.1) is 10.5 Å². The Morgan fingerprint density at radius 2 is 1.95 bits per heavy atom. The van der Waals surface area contributed by atoms with E-state index in [1.165, 1.54) is 18.2 Å². The second-order valence-electron chi connectivity index (χ2n) is 5.07. The molecule has 6 heteroatoms. The standard InChI is InChI=1S/C13H18FNO3S/c14-11-5-4-6-12(9-11)19(17,18)15-10-13(16)7-2-1-3-8-13/h4-6,9,15-16H,1-3,7-8,10H2. The van der Waals surface area contributed by atoms with Crippen molar-refractivity contribution in [2.24, 2.45) is 0 Å². The fourth-order valence-electron chi connectivity index (χ4n) is 2.33. The quantitative estimate of drug-likeness (QED) is 0.887. The van der Waals surface area contributed by atoms with Crippen molar-refractivity contribution in [3.05, 3.63) is 30.1 Å². The van der Waals surface area contributed by atoms with E-state index in [1.54, 1.807) is 0 Å². The maximum atomic E-state index is 13.0. The number of nitrogens with one attached hydrogen (secondary N) is 1. The lowest BCUT2D eigenvalue weighted by Crippen LogP contribution is -2.44. The van der Waals surface area contributed by atoms with Gasteiger partial charge in [-0.15, -0.1) is 0 Å². The van der Waals surface area contributed by atoms with E-state index in [9.17, 15) is 17.9 Å². The molecule has 0 aromatic heterocycles. The summed E-state index contributed by atoms with van der Waals surface area (Å²) in [5, 5.41) is 10.2. The Labute approximate surface area is 112 Å². The Morgan fingerprint density at radius 1 is 1.26 bits per heavy atom. The fraction of sp³-hybridized carbons (Fsp3) is 0.538. The predicted molar refractivity (Wildman–Crippen MR) is 69.6 cm³/mol. The molecule has 0 radical (unpaired) electrons. The first-order valence-electron chi connectivity index (χ1n) is 6.39. The fourth-order valence-corrected chi connectivity index (χ4v) is 3.48. The molecule has 1 aliphatic rings. The van der Waals surface area contributed by atoms with E-state index in [4.69, 9.17) is 0 Å². The zero-order chi connectivity index (χ0) is 13.9. The highest BCUT2D eigenvalue weighted by atomic mass is 32.2. The Hall–Kier alpha value is -0.980. The average molecular weight is 287 g/mol. The molecule has 0 bridgehead atoms. The van der Waals surface area contributed by atoms with Crippen molar-refractivity contribution in [1.29, 1.82) is 0 Å². The molecule has 0 atom stereocenters. The number of benzene rings is 1. The van der Waals surface area contributed by atoms with Crippen LogP contribution >= 0.6 is 0 Å². The smallest absolute Gasteiger partial charge is 0.240 e. The van der Waals surface area contributed by atoms with Gasteiger partial charge in [-0.05, 0) is 31.0 Å². The molecule has 1 saturated carbocycles. The van der Waals surface area contributed by atoms with Gasteiger partial charge in [0.2, 0.25) is 10.0 Å². The molecule has 0 amide bonds. The van der Waals surface area contributed by atoms with E-state index in [2.05, 4.69) is 4.72 Å². The van der Waals surface area contributed by atoms with Crippen molar-refractivity contribution in [2.45, 2.75) is 42.6 Å². The summed E-state index contributed by atoms with van der Waals surface area (Å²) in [6.45, 7) is -0.0220. The lowest BCUT2D eigenvalue weighted by molar-refractivity contribution is 0.00945. The van der Waals surface area contributed by atoms with E-state index in [0.717, 1.165) is 25.3 Å². The molecule has 4 nitrogen and oxygen atoms in total. The van der Waals surface area contributed by atoms with Gasteiger partial charge in [0.25, 0.3) is 0 Å². The van der Waals surface area contributed by atoms with Crippen molar-refractivity contribution >= 4 is 10.0 Å². The molecule has 1 fully saturated rings. The first kappa shape index (κ1) is 14.4. The third-order valence-electron chi connectivity index (χ3n) is 3.48. The van der Waals surface area contributed by atoms with Crippen LogP contribution < -0.4 is 4.72 Å². The van der Waals surface area contributed by atoms with Crippen LogP contribution in [-0.2, 0) is 10.0 Å².